The quantitative estimate of drug-likeness (QED) is 0.873. The molecule has 1 N–H and O–H groups in total. The van der Waals surface area contributed by atoms with Crippen molar-refractivity contribution < 1.29 is 14.6 Å². The number of amides is 1. The van der Waals surface area contributed by atoms with Gasteiger partial charge in [-0.1, -0.05) is 5.21 Å². The number of carbonyl (C=O) groups is 1. The maximum absolute atomic E-state index is 12.4. The lowest BCUT2D eigenvalue weighted by molar-refractivity contribution is -0.141. The van der Waals surface area contributed by atoms with E-state index in [0.717, 1.165) is 0 Å². The molecule has 0 radical (unpaired) electrons. The third-order valence-electron chi connectivity index (χ3n) is 4.34. The van der Waals surface area contributed by atoms with E-state index in [-0.39, 0.29) is 25.1 Å². The zero-order valence-corrected chi connectivity index (χ0v) is 14.5. The van der Waals surface area contributed by atoms with Gasteiger partial charge in [-0.05, 0) is 38.8 Å². The van der Waals surface area contributed by atoms with Gasteiger partial charge in [0.2, 0.25) is 0 Å². The van der Waals surface area contributed by atoms with Crippen molar-refractivity contribution in [3.63, 3.8) is 0 Å². The van der Waals surface area contributed by atoms with Gasteiger partial charge in [0.1, 0.15) is 17.0 Å². The van der Waals surface area contributed by atoms with Crippen LogP contribution in [0, 0.1) is 0 Å². The summed E-state index contributed by atoms with van der Waals surface area (Å²) in [5, 5.41) is 19.1. The second-order valence-corrected chi connectivity index (χ2v) is 6.61. The number of rotatable bonds is 5. The Morgan fingerprint density at radius 1 is 1.48 bits per heavy atom. The molecule has 1 saturated heterocycles. The molecule has 1 aliphatic rings. The predicted octanol–water partition coefficient (Wildman–Crippen LogP) is 1.14. The monoisotopic (exact) mass is 345 g/mol. The summed E-state index contributed by atoms with van der Waals surface area (Å²) in [7, 11) is 0. The van der Waals surface area contributed by atoms with E-state index in [2.05, 4.69) is 15.3 Å². The maximum atomic E-state index is 12.4. The Bertz CT molecular complexity index is 718. The lowest BCUT2D eigenvalue weighted by Crippen LogP contribution is -2.50. The van der Waals surface area contributed by atoms with Gasteiger partial charge in [0.25, 0.3) is 5.91 Å². The molecule has 8 nitrogen and oxygen atoms in total. The van der Waals surface area contributed by atoms with Crippen molar-refractivity contribution in [2.45, 2.75) is 38.3 Å². The zero-order valence-electron chi connectivity index (χ0n) is 14.5. The van der Waals surface area contributed by atoms with Gasteiger partial charge in [-0.3, -0.25) is 9.78 Å². The number of piperidine rings is 1. The zero-order chi connectivity index (χ0) is 17.9. The molecule has 2 aromatic rings. The van der Waals surface area contributed by atoms with Gasteiger partial charge in [0.15, 0.2) is 6.61 Å². The van der Waals surface area contributed by atoms with Crippen molar-refractivity contribution in [1.29, 1.82) is 0 Å². The molecular weight excluding hydrogens is 322 g/mol. The van der Waals surface area contributed by atoms with E-state index in [1.165, 1.54) is 0 Å². The van der Waals surface area contributed by atoms with Crippen LogP contribution in [0.4, 0.5) is 0 Å². The van der Waals surface area contributed by atoms with Crippen molar-refractivity contribution in [1.82, 2.24) is 24.9 Å². The van der Waals surface area contributed by atoms with E-state index in [4.69, 9.17) is 4.74 Å². The van der Waals surface area contributed by atoms with Crippen LogP contribution >= 0.6 is 0 Å². The Balaban J connectivity index is 1.64. The van der Waals surface area contributed by atoms with E-state index < -0.39 is 5.60 Å². The minimum atomic E-state index is -1.17. The Morgan fingerprint density at radius 3 is 3.00 bits per heavy atom. The van der Waals surface area contributed by atoms with Crippen LogP contribution in [-0.4, -0.2) is 55.6 Å². The number of hydrogen-bond donors (Lipinski definition) is 1. The van der Waals surface area contributed by atoms with Crippen molar-refractivity contribution in [2.75, 3.05) is 19.7 Å². The molecule has 0 aromatic carbocycles. The Labute approximate surface area is 146 Å². The van der Waals surface area contributed by atoms with Crippen LogP contribution in [-0.2, 0) is 10.4 Å². The summed E-state index contributed by atoms with van der Waals surface area (Å²) in [5.74, 6) is 0.376. The lowest BCUT2D eigenvalue weighted by Gasteiger charge is -2.37. The molecule has 134 valence electrons. The molecule has 3 rings (SSSR count). The van der Waals surface area contributed by atoms with Gasteiger partial charge in [-0.15, -0.1) is 5.10 Å². The summed E-state index contributed by atoms with van der Waals surface area (Å²) in [4.78, 5) is 18.0. The van der Waals surface area contributed by atoms with Crippen LogP contribution in [0.1, 0.15) is 38.4 Å². The molecule has 0 aliphatic carbocycles. The second-order valence-electron chi connectivity index (χ2n) is 6.61. The van der Waals surface area contributed by atoms with Crippen LogP contribution < -0.4 is 4.74 Å². The minimum Gasteiger partial charge on any atom is -0.482 e. The fourth-order valence-corrected chi connectivity index (χ4v) is 2.87. The average Bonchev–Trinajstić information content (AvgIpc) is 3.12. The van der Waals surface area contributed by atoms with Crippen LogP contribution in [0.2, 0.25) is 0 Å². The summed E-state index contributed by atoms with van der Waals surface area (Å²) in [6.07, 6.45) is 6.21. The third kappa shape index (κ3) is 3.96. The molecule has 25 heavy (non-hydrogen) atoms. The van der Waals surface area contributed by atoms with Gasteiger partial charge in [0, 0.05) is 18.8 Å². The molecule has 0 spiro atoms. The lowest BCUT2D eigenvalue weighted by atomic mass is 9.90. The maximum Gasteiger partial charge on any atom is 0.260 e. The molecule has 1 amide bonds. The number of β-amino-alcohol motifs (C(OH)–C–C–N with tert-alkyl or cyclic N) is 1. The fourth-order valence-electron chi connectivity index (χ4n) is 2.87. The summed E-state index contributed by atoms with van der Waals surface area (Å²) in [6, 6.07) is 3.66. The summed E-state index contributed by atoms with van der Waals surface area (Å²) in [5.41, 5.74) is -0.665. The van der Waals surface area contributed by atoms with Gasteiger partial charge >= 0.3 is 0 Å². The van der Waals surface area contributed by atoms with Crippen LogP contribution in [0.3, 0.4) is 0 Å². The molecule has 1 fully saturated rings. The number of aliphatic hydroxyl groups is 1. The van der Waals surface area contributed by atoms with Gasteiger partial charge in [0.05, 0.1) is 18.9 Å². The topological polar surface area (TPSA) is 93.4 Å². The van der Waals surface area contributed by atoms with Crippen LogP contribution in [0.5, 0.6) is 5.75 Å². The van der Waals surface area contributed by atoms with Crippen molar-refractivity contribution in [2.24, 2.45) is 0 Å². The van der Waals surface area contributed by atoms with Gasteiger partial charge < -0.3 is 14.7 Å². The van der Waals surface area contributed by atoms with E-state index in [9.17, 15) is 9.90 Å². The van der Waals surface area contributed by atoms with Crippen molar-refractivity contribution in [3.8, 4) is 5.75 Å². The second kappa shape index (κ2) is 7.18. The molecule has 8 heteroatoms. The number of carbonyl (C=O) groups excluding carboxylic acids is 1. The van der Waals surface area contributed by atoms with E-state index >= 15 is 0 Å². The Morgan fingerprint density at radius 2 is 2.32 bits per heavy atom. The minimum absolute atomic E-state index is 0.0829. The third-order valence-corrected chi connectivity index (χ3v) is 4.34. The standard InChI is InChI=1S/C17H23N5O3/c1-13(2)22-10-15(19-20-22)17(24)6-4-8-21(12-17)16(23)11-25-14-5-3-7-18-9-14/h3,5,7,9-10,13,24H,4,6,8,11-12H2,1-2H3/t17-/m1/s1. The largest absolute Gasteiger partial charge is 0.482 e. The van der Waals surface area contributed by atoms with Gasteiger partial charge in [-0.2, -0.15) is 0 Å². The molecule has 0 bridgehead atoms. The Hall–Kier alpha value is -2.48. The molecular formula is C17H23N5O3. The van der Waals surface area contributed by atoms with Crippen molar-refractivity contribution in [3.05, 3.63) is 36.4 Å². The van der Waals surface area contributed by atoms with E-state index in [0.29, 0.717) is 30.8 Å². The summed E-state index contributed by atoms with van der Waals surface area (Å²) >= 11 is 0. The number of ether oxygens (including phenoxy) is 1. The Kier molecular flexibility index (Phi) is 4.98. The number of hydrogen-bond acceptors (Lipinski definition) is 6. The number of pyridine rings is 1. The molecule has 1 aliphatic heterocycles. The average molecular weight is 345 g/mol. The summed E-state index contributed by atoms with van der Waals surface area (Å²) < 4.78 is 7.17. The highest BCUT2D eigenvalue weighted by Crippen LogP contribution is 2.30. The number of likely N-dealkylation sites (tertiary alicyclic amines) is 1. The first-order valence-corrected chi connectivity index (χ1v) is 8.43. The first-order chi connectivity index (χ1) is 12.0. The normalized spacial score (nSPS) is 20.7. The van der Waals surface area contributed by atoms with Crippen LogP contribution in [0.25, 0.3) is 0 Å². The smallest absolute Gasteiger partial charge is 0.260 e. The number of nitrogens with zero attached hydrogens (tertiary/aromatic N) is 5. The first kappa shape index (κ1) is 17.3. The molecule has 0 unspecified atom stereocenters. The molecule has 2 aromatic heterocycles. The highest BCUT2D eigenvalue weighted by atomic mass is 16.5. The SMILES string of the molecule is CC(C)n1cc([C@@]2(O)CCCN(C(=O)COc3cccnc3)C2)nn1. The summed E-state index contributed by atoms with van der Waals surface area (Å²) in [6.45, 7) is 4.69. The van der Waals surface area contributed by atoms with Crippen molar-refractivity contribution >= 4 is 5.91 Å². The number of aromatic nitrogens is 4. The first-order valence-electron chi connectivity index (χ1n) is 8.43. The molecule has 1 atom stereocenters. The van der Waals surface area contributed by atoms with E-state index in [1.54, 1.807) is 40.3 Å². The fraction of sp³-hybridized carbons (Fsp3) is 0.529. The van der Waals surface area contributed by atoms with E-state index in [1.807, 2.05) is 13.8 Å². The molecule has 3 heterocycles. The highest BCUT2D eigenvalue weighted by molar-refractivity contribution is 5.78. The van der Waals surface area contributed by atoms with Gasteiger partial charge in [-0.25, -0.2) is 4.68 Å². The molecule has 0 saturated carbocycles. The predicted molar refractivity (Wildman–Crippen MR) is 89.8 cm³/mol. The highest BCUT2D eigenvalue weighted by Gasteiger charge is 2.39. The van der Waals surface area contributed by atoms with Crippen LogP contribution in [0.15, 0.2) is 30.7 Å².